The number of thiocarbonyl (C=S) groups is 1. The van der Waals surface area contributed by atoms with Crippen molar-refractivity contribution in [1.29, 1.82) is 5.26 Å². The first-order valence-electron chi connectivity index (χ1n) is 12.7. The van der Waals surface area contributed by atoms with Crippen molar-refractivity contribution in [1.82, 2.24) is 9.47 Å². The fourth-order valence-corrected chi connectivity index (χ4v) is 6.14. The number of hydrogen-bond acceptors (Lipinski definition) is 7. The Kier molecular flexibility index (Phi) is 8.71. The van der Waals surface area contributed by atoms with Gasteiger partial charge < -0.3 is 9.64 Å². The van der Waals surface area contributed by atoms with Crippen LogP contribution in [0.25, 0.3) is 6.08 Å². The first kappa shape index (κ1) is 28.0. The van der Waals surface area contributed by atoms with Gasteiger partial charge in [0.15, 0.2) is 0 Å². The molecule has 2 aliphatic heterocycles. The highest BCUT2D eigenvalue weighted by atomic mass is 32.2. The Bertz CT molecular complexity index is 1370. The molecule has 2 atom stereocenters. The number of aromatic nitrogens is 1. The van der Waals surface area contributed by atoms with Crippen molar-refractivity contribution in [2.45, 2.75) is 65.8 Å². The largest absolute Gasteiger partial charge is 0.372 e. The van der Waals surface area contributed by atoms with Crippen molar-refractivity contribution < 1.29 is 13.9 Å². The molecule has 0 aliphatic carbocycles. The van der Waals surface area contributed by atoms with Gasteiger partial charge in [0.25, 0.3) is 11.5 Å². The lowest BCUT2D eigenvalue weighted by molar-refractivity contribution is -0.122. The Morgan fingerprint density at radius 2 is 1.87 bits per heavy atom. The SMILES string of the molecule is CCCCn1c(N2CC(C)OC(C)C2)c(C=C2SC(=S)N(Cc3ccc(F)cc3)C2=O)c(C)c(C#N)c1=O. The molecule has 1 aromatic heterocycles. The van der Waals surface area contributed by atoms with Crippen molar-refractivity contribution in [2.75, 3.05) is 18.0 Å². The summed E-state index contributed by atoms with van der Waals surface area (Å²) in [6, 6.07) is 8.06. The molecule has 2 fully saturated rings. The molecule has 10 heteroatoms. The number of thioether (sulfide) groups is 1. The van der Waals surface area contributed by atoms with E-state index in [-0.39, 0.29) is 41.6 Å². The second kappa shape index (κ2) is 11.8. The van der Waals surface area contributed by atoms with Gasteiger partial charge in [0, 0.05) is 25.2 Å². The first-order chi connectivity index (χ1) is 18.1. The van der Waals surface area contributed by atoms with Crippen molar-refractivity contribution in [2.24, 2.45) is 0 Å². The molecule has 2 aliphatic rings. The van der Waals surface area contributed by atoms with Crippen molar-refractivity contribution in [3.8, 4) is 6.07 Å². The minimum absolute atomic E-state index is 0.0498. The smallest absolute Gasteiger partial charge is 0.270 e. The molecule has 0 radical (unpaired) electrons. The van der Waals surface area contributed by atoms with Gasteiger partial charge in [0.2, 0.25) is 0 Å². The molecule has 0 spiro atoms. The van der Waals surface area contributed by atoms with E-state index in [1.165, 1.54) is 28.8 Å². The van der Waals surface area contributed by atoms with Crippen LogP contribution in [0.4, 0.5) is 10.2 Å². The lowest BCUT2D eigenvalue weighted by Crippen LogP contribution is -2.48. The summed E-state index contributed by atoms with van der Waals surface area (Å²) >= 11 is 6.72. The molecular formula is C28H31FN4O3S2. The molecular weight excluding hydrogens is 523 g/mol. The van der Waals surface area contributed by atoms with Gasteiger partial charge in [-0.15, -0.1) is 0 Å². The summed E-state index contributed by atoms with van der Waals surface area (Å²) < 4.78 is 21.4. The van der Waals surface area contributed by atoms with Crippen LogP contribution >= 0.6 is 24.0 Å². The van der Waals surface area contributed by atoms with Crippen LogP contribution in [-0.4, -0.2) is 45.0 Å². The molecule has 2 unspecified atom stereocenters. The third-order valence-corrected chi connectivity index (χ3v) is 8.08. The van der Waals surface area contributed by atoms with Crippen molar-refractivity contribution in [3.05, 3.63) is 67.6 Å². The van der Waals surface area contributed by atoms with Gasteiger partial charge in [-0.1, -0.05) is 49.5 Å². The van der Waals surface area contributed by atoms with Gasteiger partial charge in [-0.25, -0.2) is 4.39 Å². The number of carbonyl (C=O) groups is 1. The van der Waals surface area contributed by atoms with Gasteiger partial charge in [-0.2, -0.15) is 5.26 Å². The van der Waals surface area contributed by atoms with E-state index in [2.05, 4.69) is 17.9 Å². The molecule has 200 valence electrons. The molecule has 0 bridgehead atoms. The zero-order chi connectivity index (χ0) is 27.6. The van der Waals surface area contributed by atoms with Crippen molar-refractivity contribution >= 4 is 46.1 Å². The highest BCUT2D eigenvalue weighted by Gasteiger charge is 2.34. The third-order valence-electron chi connectivity index (χ3n) is 6.70. The normalized spacial score (nSPS) is 20.9. The summed E-state index contributed by atoms with van der Waals surface area (Å²) in [4.78, 5) is 31.0. The Morgan fingerprint density at radius 3 is 2.47 bits per heavy atom. The Labute approximate surface area is 231 Å². The van der Waals surface area contributed by atoms with E-state index in [1.54, 1.807) is 29.7 Å². The molecule has 2 aromatic rings. The van der Waals surface area contributed by atoms with Crippen LogP contribution < -0.4 is 10.5 Å². The third kappa shape index (κ3) is 5.70. The maximum atomic E-state index is 13.5. The Morgan fingerprint density at radius 1 is 1.21 bits per heavy atom. The average molecular weight is 555 g/mol. The van der Waals surface area contributed by atoms with Crippen LogP contribution in [0.1, 0.15) is 55.9 Å². The van der Waals surface area contributed by atoms with Gasteiger partial charge in [0.1, 0.15) is 27.6 Å². The second-order valence-electron chi connectivity index (χ2n) is 9.72. The number of halogens is 1. The number of ether oxygens (including phenoxy) is 1. The zero-order valence-electron chi connectivity index (χ0n) is 22.0. The van der Waals surface area contributed by atoms with Crippen LogP contribution in [0.2, 0.25) is 0 Å². The predicted octanol–water partition coefficient (Wildman–Crippen LogP) is 4.98. The number of anilines is 1. The maximum absolute atomic E-state index is 13.5. The molecule has 1 amide bonds. The van der Waals surface area contributed by atoms with Gasteiger partial charge >= 0.3 is 0 Å². The molecule has 0 N–H and O–H groups in total. The molecule has 0 saturated carbocycles. The summed E-state index contributed by atoms with van der Waals surface area (Å²) in [5, 5.41) is 9.89. The number of unbranched alkanes of at least 4 members (excludes halogenated alkanes) is 1. The van der Waals surface area contributed by atoms with Gasteiger partial charge in [-0.3, -0.25) is 19.1 Å². The Balaban J connectivity index is 1.83. The highest BCUT2D eigenvalue weighted by molar-refractivity contribution is 8.26. The number of carbonyl (C=O) groups excluding carboxylic acids is 1. The zero-order valence-corrected chi connectivity index (χ0v) is 23.6. The quantitative estimate of drug-likeness (QED) is 0.353. The number of benzene rings is 1. The van der Waals surface area contributed by atoms with E-state index in [1.807, 2.05) is 13.8 Å². The fourth-order valence-electron chi connectivity index (χ4n) is 4.90. The number of rotatable bonds is 7. The van der Waals surface area contributed by atoms with E-state index in [0.29, 0.717) is 45.8 Å². The van der Waals surface area contributed by atoms with Gasteiger partial charge in [-0.05, 0) is 56.5 Å². The van der Waals surface area contributed by atoms with E-state index in [0.717, 1.165) is 18.4 Å². The number of pyridine rings is 1. The van der Waals surface area contributed by atoms with E-state index >= 15 is 0 Å². The lowest BCUT2D eigenvalue weighted by Gasteiger charge is -2.39. The molecule has 3 heterocycles. The first-order valence-corrected chi connectivity index (χ1v) is 13.9. The van der Waals surface area contributed by atoms with Crippen LogP contribution in [0.3, 0.4) is 0 Å². The number of nitriles is 1. The number of amides is 1. The minimum atomic E-state index is -0.347. The summed E-state index contributed by atoms with van der Waals surface area (Å²) in [6.07, 6.45) is 3.32. The van der Waals surface area contributed by atoms with Crippen LogP contribution in [0, 0.1) is 24.1 Å². The summed E-state index contributed by atoms with van der Waals surface area (Å²) in [6.45, 7) is 9.64. The average Bonchev–Trinajstić information content (AvgIpc) is 3.13. The minimum Gasteiger partial charge on any atom is -0.372 e. The predicted molar refractivity (Wildman–Crippen MR) is 152 cm³/mol. The Hall–Kier alpha value is -3.00. The number of morpholine rings is 1. The summed E-state index contributed by atoms with van der Waals surface area (Å²) in [7, 11) is 0. The molecule has 7 nitrogen and oxygen atoms in total. The topological polar surface area (TPSA) is 78.6 Å². The summed E-state index contributed by atoms with van der Waals surface area (Å²) in [5.41, 5.74) is 1.72. The number of hydrogen-bond donors (Lipinski definition) is 0. The standard InChI is InChI=1S/C28H31FN4O3S2/c1-5-6-11-32-25(31-14-17(2)36-18(3)15-31)22(19(4)23(13-30)26(32)34)12-24-27(35)33(28(37)38-24)16-20-7-9-21(29)10-8-20/h7-10,12,17-18H,5-6,11,14-16H2,1-4H3. The lowest BCUT2D eigenvalue weighted by atomic mass is 10.0. The fraction of sp³-hybridized carbons (Fsp3) is 0.429. The second-order valence-corrected chi connectivity index (χ2v) is 11.4. The van der Waals surface area contributed by atoms with Crippen molar-refractivity contribution in [3.63, 3.8) is 0 Å². The molecule has 1 aromatic carbocycles. The van der Waals surface area contributed by atoms with Crippen LogP contribution in [-0.2, 0) is 22.6 Å². The maximum Gasteiger partial charge on any atom is 0.270 e. The highest BCUT2D eigenvalue weighted by Crippen LogP contribution is 2.37. The summed E-state index contributed by atoms with van der Waals surface area (Å²) in [5.74, 6) is 0.0919. The van der Waals surface area contributed by atoms with E-state index < -0.39 is 0 Å². The monoisotopic (exact) mass is 554 g/mol. The van der Waals surface area contributed by atoms with Crippen LogP contribution in [0.15, 0.2) is 34.0 Å². The number of nitrogens with zero attached hydrogens (tertiary/aromatic N) is 4. The molecule has 2 saturated heterocycles. The molecule has 38 heavy (non-hydrogen) atoms. The van der Waals surface area contributed by atoms with Crippen LogP contribution in [0.5, 0.6) is 0 Å². The van der Waals surface area contributed by atoms with Gasteiger partial charge in [0.05, 0.1) is 23.7 Å². The molecule has 4 rings (SSSR count). The van der Waals surface area contributed by atoms with E-state index in [9.17, 15) is 19.2 Å². The van der Waals surface area contributed by atoms with E-state index in [4.69, 9.17) is 17.0 Å².